The molecule has 1 aliphatic heterocycles. The van der Waals surface area contributed by atoms with Crippen LogP contribution in [0.25, 0.3) is 0 Å². The summed E-state index contributed by atoms with van der Waals surface area (Å²) < 4.78 is 44.0. The molecular formula is C14H15ClO7S. The minimum atomic E-state index is -3.59. The molecule has 0 amide bonds. The van der Waals surface area contributed by atoms with Gasteiger partial charge in [-0.15, -0.1) is 0 Å². The maximum absolute atomic E-state index is 11.9. The second kappa shape index (κ2) is 7.10. The molecule has 0 aromatic heterocycles. The molecule has 0 saturated carbocycles. The minimum Gasteiger partial charge on any atom is -0.490 e. The lowest BCUT2D eigenvalue weighted by molar-refractivity contribution is -0.0355. The third-order valence-corrected chi connectivity index (χ3v) is 4.48. The molecule has 0 saturated heterocycles. The summed E-state index contributed by atoms with van der Waals surface area (Å²) in [7, 11) is -2.39. The van der Waals surface area contributed by atoms with Crippen LogP contribution in [0.1, 0.15) is 16.8 Å². The van der Waals surface area contributed by atoms with Crippen molar-refractivity contribution in [2.75, 3.05) is 20.0 Å². The van der Waals surface area contributed by atoms with Crippen molar-refractivity contribution in [3.8, 4) is 5.75 Å². The molecule has 126 valence electrons. The number of benzene rings is 1. The van der Waals surface area contributed by atoms with Gasteiger partial charge in [-0.3, -0.25) is 0 Å². The highest BCUT2D eigenvalue weighted by Gasteiger charge is 2.24. The Kier molecular flexibility index (Phi) is 5.38. The van der Waals surface area contributed by atoms with E-state index in [1.807, 2.05) is 0 Å². The van der Waals surface area contributed by atoms with Gasteiger partial charge in [0.15, 0.2) is 15.6 Å². The fourth-order valence-electron chi connectivity index (χ4n) is 1.90. The van der Waals surface area contributed by atoms with Gasteiger partial charge in [0.2, 0.25) is 6.29 Å². The first-order valence-corrected chi connectivity index (χ1v) is 8.81. The molecule has 0 N–H and O–H groups in total. The number of halogens is 1. The van der Waals surface area contributed by atoms with Crippen LogP contribution in [0.5, 0.6) is 5.75 Å². The molecule has 7 nitrogen and oxygen atoms in total. The molecule has 0 bridgehead atoms. The highest BCUT2D eigenvalue weighted by atomic mass is 35.5. The maximum Gasteiger partial charge on any atom is 0.339 e. The number of esters is 1. The number of sulfone groups is 1. The van der Waals surface area contributed by atoms with Crippen molar-refractivity contribution >= 4 is 27.4 Å². The molecule has 0 atom stereocenters. The molecule has 0 unspecified atom stereocenters. The van der Waals surface area contributed by atoms with Gasteiger partial charge in [-0.05, 0) is 12.1 Å². The van der Waals surface area contributed by atoms with E-state index in [0.29, 0.717) is 6.42 Å². The van der Waals surface area contributed by atoms with Gasteiger partial charge < -0.3 is 18.9 Å². The molecule has 0 radical (unpaired) electrons. The fourth-order valence-corrected chi connectivity index (χ4v) is 3.06. The van der Waals surface area contributed by atoms with Crippen LogP contribution in [0.15, 0.2) is 29.6 Å². The Bertz CT molecular complexity index is 719. The number of ether oxygens (including phenoxy) is 4. The van der Waals surface area contributed by atoms with Crippen LogP contribution < -0.4 is 4.74 Å². The zero-order valence-electron chi connectivity index (χ0n) is 12.4. The SMILES string of the molecule is COC(=O)c1ccc(S(C)(=O)=O)c(OCCC2OC=CO2)c1Cl. The van der Waals surface area contributed by atoms with Crippen molar-refractivity contribution in [2.24, 2.45) is 0 Å². The van der Waals surface area contributed by atoms with Gasteiger partial charge in [-0.1, -0.05) is 11.6 Å². The molecule has 1 aromatic carbocycles. The zero-order chi connectivity index (χ0) is 17.0. The maximum atomic E-state index is 11.9. The third kappa shape index (κ3) is 4.08. The Morgan fingerprint density at radius 1 is 1.30 bits per heavy atom. The van der Waals surface area contributed by atoms with E-state index in [1.165, 1.54) is 31.8 Å². The minimum absolute atomic E-state index is 0.0200. The largest absolute Gasteiger partial charge is 0.490 e. The lowest BCUT2D eigenvalue weighted by Crippen LogP contribution is -2.14. The van der Waals surface area contributed by atoms with E-state index in [-0.39, 0.29) is 27.8 Å². The predicted molar refractivity (Wildman–Crippen MR) is 81.1 cm³/mol. The zero-order valence-corrected chi connectivity index (χ0v) is 14.0. The fraction of sp³-hybridized carbons (Fsp3) is 0.357. The van der Waals surface area contributed by atoms with Crippen LogP contribution >= 0.6 is 11.6 Å². The molecule has 0 spiro atoms. The van der Waals surface area contributed by atoms with Gasteiger partial charge in [0, 0.05) is 6.26 Å². The van der Waals surface area contributed by atoms with E-state index in [1.54, 1.807) is 0 Å². The molecule has 9 heteroatoms. The van der Waals surface area contributed by atoms with E-state index >= 15 is 0 Å². The van der Waals surface area contributed by atoms with Crippen molar-refractivity contribution in [3.05, 3.63) is 35.2 Å². The summed E-state index contributed by atoms with van der Waals surface area (Å²) in [5.74, 6) is -0.783. The average molecular weight is 363 g/mol. The summed E-state index contributed by atoms with van der Waals surface area (Å²) in [5.41, 5.74) is 0.0200. The van der Waals surface area contributed by atoms with Gasteiger partial charge in [-0.2, -0.15) is 0 Å². The molecule has 1 heterocycles. The Morgan fingerprint density at radius 3 is 2.52 bits per heavy atom. The van der Waals surface area contributed by atoms with E-state index in [4.69, 9.17) is 25.8 Å². The second-order valence-electron chi connectivity index (χ2n) is 4.63. The van der Waals surface area contributed by atoms with E-state index in [9.17, 15) is 13.2 Å². The number of carbonyl (C=O) groups is 1. The number of carbonyl (C=O) groups excluding carboxylic acids is 1. The van der Waals surface area contributed by atoms with Crippen LogP contribution in [0.3, 0.4) is 0 Å². The Hall–Kier alpha value is -1.93. The third-order valence-electron chi connectivity index (χ3n) is 2.98. The van der Waals surface area contributed by atoms with E-state index in [0.717, 1.165) is 6.26 Å². The van der Waals surface area contributed by atoms with Gasteiger partial charge in [-0.25, -0.2) is 13.2 Å². The van der Waals surface area contributed by atoms with Crippen molar-refractivity contribution < 1.29 is 32.2 Å². The lowest BCUT2D eigenvalue weighted by Gasteiger charge is -2.15. The van der Waals surface area contributed by atoms with Gasteiger partial charge in [0.1, 0.15) is 17.4 Å². The molecule has 0 aliphatic carbocycles. The Balaban J connectivity index is 2.27. The summed E-state index contributed by atoms with van der Waals surface area (Å²) in [6.07, 6.45) is 3.67. The predicted octanol–water partition coefficient (Wildman–Crippen LogP) is 2.14. The van der Waals surface area contributed by atoms with Crippen LogP contribution in [0.2, 0.25) is 5.02 Å². The number of hydrogen-bond acceptors (Lipinski definition) is 7. The van der Waals surface area contributed by atoms with Gasteiger partial charge >= 0.3 is 5.97 Å². The molecule has 1 aromatic rings. The van der Waals surface area contributed by atoms with Crippen molar-refractivity contribution in [3.63, 3.8) is 0 Å². The lowest BCUT2D eigenvalue weighted by atomic mass is 10.2. The summed E-state index contributed by atoms with van der Waals surface area (Å²) in [6, 6.07) is 2.54. The molecule has 1 aliphatic rings. The number of rotatable bonds is 6. The van der Waals surface area contributed by atoms with Crippen LogP contribution in [-0.2, 0) is 24.0 Å². The monoisotopic (exact) mass is 362 g/mol. The summed E-state index contributed by atoms with van der Waals surface area (Å²) in [5, 5.41) is -0.119. The number of methoxy groups -OCH3 is 1. The van der Waals surface area contributed by atoms with Gasteiger partial charge in [0.25, 0.3) is 0 Å². The van der Waals surface area contributed by atoms with Crippen LogP contribution in [0.4, 0.5) is 0 Å². The topological polar surface area (TPSA) is 88.1 Å². The highest BCUT2D eigenvalue weighted by molar-refractivity contribution is 7.90. The standard InChI is InChI=1S/C14H15ClO7S/c1-19-14(16)9-3-4-10(23(2,17)18)13(12(9)15)22-6-5-11-20-7-8-21-11/h3-4,7-8,11H,5-6H2,1-2H3. The summed E-state index contributed by atoms with van der Waals surface area (Å²) in [4.78, 5) is 11.6. The van der Waals surface area contributed by atoms with Gasteiger partial charge in [0.05, 0.1) is 30.7 Å². The molecule has 0 fully saturated rings. The first-order chi connectivity index (χ1) is 10.8. The smallest absolute Gasteiger partial charge is 0.339 e. The highest BCUT2D eigenvalue weighted by Crippen LogP contribution is 2.35. The van der Waals surface area contributed by atoms with Crippen LogP contribution in [0, 0.1) is 0 Å². The first-order valence-electron chi connectivity index (χ1n) is 6.54. The summed E-state index contributed by atoms with van der Waals surface area (Å²) in [6.45, 7) is 0.0826. The first kappa shape index (κ1) is 17.4. The van der Waals surface area contributed by atoms with Crippen molar-refractivity contribution in [1.29, 1.82) is 0 Å². The van der Waals surface area contributed by atoms with E-state index < -0.39 is 22.1 Å². The molecule has 23 heavy (non-hydrogen) atoms. The average Bonchev–Trinajstić information content (AvgIpc) is 3.00. The Labute approximate surface area is 138 Å². The van der Waals surface area contributed by atoms with Crippen molar-refractivity contribution in [2.45, 2.75) is 17.6 Å². The number of hydrogen-bond donors (Lipinski definition) is 0. The van der Waals surface area contributed by atoms with Crippen molar-refractivity contribution in [1.82, 2.24) is 0 Å². The molecule has 2 rings (SSSR count). The normalized spacial score (nSPS) is 14.2. The summed E-state index contributed by atoms with van der Waals surface area (Å²) >= 11 is 6.12. The van der Waals surface area contributed by atoms with Crippen LogP contribution in [-0.4, -0.2) is 40.6 Å². The Morgan fingerprint density at radius 2 is 1.96 bits per heavy atom. The second-order valence-corrected chi connectivity index (χ2v) is 6.99. The quantitative estimate of drug-likeness (QED) is 0.716. The molecular weight excluding hydrogens is 348 g/mol. The van der Waals surface area contributed by atoms with E-state index in [2.05, 4.69) is 4.74 Å².